The Kier molecular flexibility index (Phi) is 5.55. The minimum absolute atomic E-state index is 0.394. The summed E-state index contributed by atoms with van der Waals surface area (Å²) in [5.74, 6) is -0.457. The fourth-order valence-electron chi connectivity index (χ4n) is 1.25. The van der Waals surface area contributed by atoms with E-state index >= 15 is 0 Å². The number of carboxylic acids is 1. The summed E-state index contributed by atoms with van der Waals surface area (Å²) in [4.78, 5) is 19.6. The average molecular weight is 269 g/mol. The quantitative estimate of drug-likeness (QED) is 0.580. The molecule has 1 unspecified atom stereocenters. The molecule has 0 aliphatic carbocycles. The minimum Gasteiger partial charge on any atom is -0.480 e. The standard InChI is InChI=1S/C12H19N3O2S/c1-4-5-15-12(3,10(16)17)8-18-11-13-6-9(2)7-14-11/h6-7,15H,4-5,8H2,1-3H3,(H,16,17). The Morgan fingerprint density at radius 2 is 2.11 bits per heavy atom. The second-order valence-corrected chi connectivity index (χ2v) is 5.34. The summed E-state index contributed by atoms with van der Waals surface area (Å²) in [6, 6.07) is 0. The van der Waals surface area contributed by atoms with E-state index in [4.69, 9.17) is 0 Å². The van der Waals surface area contributed by atoms with E-state index in [1.807, 2.05) is 13.8 Å². The molecule has 18 heavy (non-hydrogen) atoms. The predicted octanol–water partition coefficient (Wildman–Crippen LogP) is 1.72. The molecule has 0 aliphatic heterocycles. The smallest absolute Gasteiger partial charge is 0.324 e. The van der Waals surface area contributed by atoms with Crippen molar-refractivity contribution in [3.8, 4) is 0 Å². The van der Waals surface area contributed by atoms with Crippen LogP contribution in [-0.4, -0.2) is 38.9 Å². The van der Waals surface area contributed by atoms with Crippen LogP contribution in [0.2, 0.25) is 0 Å². The van der Waals surface area contributed by atoms with Crippen LogP contribution in [0.5, 0.6) is 0 Å². The van der Waals surface area contributed by atoms with Crippen molar-refractivity contribution in [3.05, 3.63) is 18.0 Å². The largest absolute Gasteiger partial charge is 0.480 e. The summed E-state index contributed by atoms with van der Waals surface area (Å²) in [5, 5.41) is 12.9. The third-order valence-corrected chi connectivity index (χ3v) is 3.68. The zero-order chi connectivity index (χ0) is 13.6. The number of aliphatic carboxylic acids is 1. The van der Waals surface area contributed by atoms with Gasteiger partial charge in [-0.15, -0.1) is 0 Å². The molecule has 1 aromatic heterocycles. The Morgan fingerprint density at radius 3 is 2.61 bits per heavy atom. The number of carbonyl (C=O) groups is 1. The van der Waals surface area contributed by atoms with Crippen LogP contribution in [0, 0.1) is 6.92 Å². The Labute approximate surface area is 111 Å². The minimum atomic E-state index is -0.949. The molecule has 1 atom stereocenters. The molecule has 6 heteroatoms. The van der Waals surface area contributed by atoms with E-state index < -0.39 is 11.5 Å². The first-order valence-electron chi connectivity index (χ1n) is 5.88. The Hall–Kier alpha value is -1.14. The normalized spacial score (nSPS) is 14.2. The lowest BCUT2D eigenvalue weighted by Gasteiger charge is -2.25. The number of nitrogens with one attached hydrogen (secondary N) is 1. The first-order chi connectivity index (χ1) is 8.48. The maximum atomic E-state index is 11.3. The first kappa shape index (κ1) is 14.9. The van der Waals surface area contributed by atoms with Crippen LogP contribution in [0.25, 0.3) is 0 Å². The lowest BCUT2D eigenvalue weighted by molar-refractivity contribution is -0.143. The second-order valence-electron chi connectivity index (χ2n) is 4.40. The van der Waals surface area contributed by atoms with Crippen molar-refractivity contribution < 1.29 is 9.90 Å². The van der Waals surface area contributed by atoms with E-state index in [0.717, 1.165) is 12.0 Å². The van der Waals surface area contributed by atoms with Gasteiger partial charge in [0.05, 0.1) is 0 Å². The van der Waals surface area contributed by atoms with Crippen molar-refractivity contribution in [1.82, 2.24) is 15.3 Å². The molecule has 0 spiro atoms. The molecule has 0 saturated carbocycles. The Balaban J connectivity index is 2.62. The number of thioether (sulfide) groups is 1. The number of aromatic nitrogens is 2. The van der Waals surface area contributed by atoms with Gasteiger partial charge in [-0.05, 0) is 32.4 Å². The van der Waals surface area contributed by atoms with Gasteiger partial charge in [-0.25, -0.2) is 9.97 Å². The Bertz CT molecular complexity index is 397. The van der Waals surface area contributed by atoms with Gasteiger partial charge >= 0.3 is 5.97 Å². The zero-order valence-corrected chi connectivity index (χ0v) is 11.8. The van der Waals surface area contributed by atoms with Gasteiger partial charge in [-0.2, -0.15) is 0 Å². The molecular weight excluding hydrogens is 250 g/mol. The topological polar surface area (TPSA) is 75.1 Å². The lowest BCUT2D eigenvalue weighted by Crippen LogP contribution is -2.52. The molecule has 100 valence electrons. The van der Waals surface area contributed by atoms with Crippen LogP contribution in [0.3, 0.4) is 0 Å². The molecule has 0 saturated heterocycles. The molecule has 5 nitrogen and oxygen atoms in total. The summed E-state index contributed by atoms with van der Waals surface area (Å²) < 4.78 is 0. The van der Waals surface area contributed by atoms with E-state index in [1.165, 1.54) is 11.8 Å². The number of nitrogens with zero attached hydrogens (tertiary/aromatic N) is 2. The summed E-state index contributed by atoms with van der Waals surface area (Å²) >= 11 is 1.35. The number of rotatable bonds is 7. The fraction of sp³-hybridized carbons (Fsp3) is 0.583. The monoisotopic (exact) mass is 269 g/mol. The third kappa shape index (κ3) is 4.27. The van der Waals surface area contributed by atoms with Gasteiger partial charge in [-0.1, -0.05) is 18.7 Å². The summed E-state index contributed by atoms with van der Waals surface area (Å²) in [5.41, 5.74) is 0.0408. The third-order valence-electron chi connectivity index (χ3n) is 2.48. The maximum absolute atomic E-state index is 11.3. The van der Waals surface area contributed by atoms with Crippen molar-refractivity contribution in [3.63, 3.8) is 0 Å². The molecule has 0 aliphatic rings. The Morgan fingerprint density at radius 1 is 1.50 bits per heavy atom. The van der Waals surface area contributed by atoms with Gasteiger partial charge in [0.2, 0.25) is 0 Å². The van der Waals surface area contributed by atoms with Crippen LogP contribution in [-0.2, 0) is 4.79 Å². The van der Waals surface area contributed by atoms with E-state index in [1.54, 1.807) is 19.3 Å². The number of hydrogen-bond acceptors (Lipinski definition) is 5. The highest BCUT2D eigenvalue weighted by molar-refractivity contribution is 7.99. The molecule has 0 radical (unpaired) electrons. The molecule has 1 heterocycles. The second kappa shape index (κ2) is 6.70. The molecule has 0 aromatic carbocycles. The van der Waals surface area contributed by atoms with E-state index in [2.05, 4.69) is 15.3 Å². The van der Waals surface area contributed by atoms with Gasteiger partial charge < -0.3 is 10.4 Å². The highest BCUT2D eigenvalue weighted by Gasteiger charge is 2.32. The molecule has 2 N–H and O–H groups in total. The molecule has 0 fully saturated rings. The highest BCUT2D eigenvalue weighted by atomic mass is 32.2. The number of hydrogen-bond donors (Lipinski definition) is 2. The molecule has 0 amide bonds. The van der Waals surface area contributed by atoms with Gasteiger partial charge in [0.15, 0.2) is 5.16 Å². The van der Waals surface area contributed by atoms with Crippen LogP contribution >= 0.6 is 11.8 Å². The lowest BCUT2D eigenvalue weighted by atomic mass is 10.1. The van der Waals surface area contributed by atoms with Gasteiger partial charge in [-0.3, -0.25) is 4.79 Å². The van der Waals surface area contributed by atoms with Crippen molar-refractivity contribution in [1.29, 1.82) is 0 Å². The van der Waals surface area contributed by atoms with Crippen molar-refractivity contribution in [2.75, 3.05) is 12.3 Å². The van der Waals surface area contributed by atoms with Gasteiger partial charge in [0.25, 0.3) is 0 Å². The molecular formula is C12H19N3O2S. The molecule has 1 aromatic rings. The van der Waals surface area contributed by atoms with Crippen LogP contribution in [0.15, 0.2) is 17.6 Å². The number of carboxylic acid groups (broad SMARTS) is 1. The van der Waals surface area contributed by atoms with E-state index in [-0.39, 0.29) is 0 Å². The number of aryl methyl sites for hydroxylation is 1. The molecule has 0 bridgehead atoms. The first-order valence-corrected chi connectivity index (χ1v) is 6.86. The van der Waals surface area contributed by atoms with Crippen LogP contribution in [0.1, 0.15) is 25.8 Å². The fourth-order valence-corrected chi connectivity index (χ4v) is 2.15. The SMILES string of the molecule is CCCNC(C)(CSc1ncc(C)cn1)C(=O)O. The van der Waals surface area contributed by atoms with Crippen molar-refractivity contribution >= 4 is 17.7 Å². The zero-order valence-electron chi connectivity index (χ0n) is 10.9. The van der Waals surface area contributed by atoms with Gasteiger partial charge in [0.1, 0.15) is 5.54 Å². The van der Waals surface area contributed by atoms with E-state index in [0.29, 0.717) is 17.5 Å². The summed E-state index contributed by atoms with van der Waals surface area (Å²) in [6.45, 7) is 6.29. The van der Waals surface area contributed by atoms with Crippen LogP contribution in [0.4, 0.5) is 0 Å². The summed E-state index contributed by atoms with van der Waals surface area (Å²) in [7, 11) is 0. The van der Waals surface area contributed by atoms with E-state index in [9.17, 15) is 9.90 Å². The van der Waals surface area contributed by atoms with Crippen molar-refractivity contribution in [2.45, 2.75) is 37.9 Å². The maximum Gasteiger partial charge on any atom is 0.324 e. The predicted molar refractivity (Wildman–Crippen MR) is 71.8 cm³/mol. The van der Waals surface area contributed by atoms with Gasteiger partial charge in [0, 0.05) is 18.1 Å². The van der Waals surface area contributed by atoms with Crippen LogP contribution < -0.4 is 5.32 Å². The average Bonchev–Trinajstić information content (AvgIpc) is 2.35. The molecule has 1 rings (SSSR count). The van der Waals surface area contributed by atoms with Crippen molar-refractivity contribution in [2.24, 2.45) is 0 Å². The summed E-state index contributed by atoms with van der Waals surface area (Å²) in [6.07, 6.45) is 4.36. The highest BCUT2D eigenvalue weighted by Crippen LogP contribution is 2.19.